The van der Waals surface area contributed by atoms with E-state index in [-0.39, 0.29) is 17.9 Å². The second-order valence-electron chi connectivity index (χ2n) is 7.05. The molecule has 0 bridgehead atoms. The van der Waals surface area contributed by atoms with Crippen molar-refractivity contribution in [1.29, 1.82) is 0 Å². The summed E-state index contributed by atoms with van der Waals surface area (Å²) in [6.45, 7) is 0.165. The first kappa shape index (κ1) is 21.9. The number of para-hydroxylation sites is 2. The van der Waals surface area contributed by atoms with E-state index in [4.69, 9.17) is 18.9 Å². The second kappa shape index (κ2) is 10.3. The Bertz CT molecular complexity index is 1160. The van der Waals surface area contributed by atoms with Crippen LogP contribution in [0.5, 0.6) is 17.2 Å². The lowest BCUT2D eigenvalue weighted by Gasteiger charge is -2.18. The fourth-order valence-corrected chi connectivity index (χ4v) is 3.13. The number of carbonyl (C=O) groups excluding carboxylic acids is 3. The fraction of sp³-hybridized carbons (Fsp3) is 0.160. The van der Waals surface area contributed by atoms with Crippen molar-refractivity contribution in [3.05, 3.63) is 83.9 Å². The number of amides is 1. The Morgan fingerprint density at radius 2 is 1.55 bits per heavy atom. The van der Waals surface area contributed by atoms with Gasteiger partial charge in [-0.3, -0.25) is 9.59 Å². The van der Waals surface area contributed by atoms with Gasteiger partial charge in [-0.25, -0.2) is 4.79 Å². The Balaban J connectivity index is 1.34. The Morgan fingerprint density at radius 1 is 0.818 bits per heavy atom. The Hall–Kier alpha value is -4.33. The third-order valence-corrected chi connectivity index (χ3v) is 4.73. The number of rotatable bonds is 8. The van der Waals surface area contributed by atoms with Gasteiger partial charge in [-0.05, 0) is 42.5 Å². The van der Waals surface area contributed by atoms with Crippen LogP contribution in [0.4, 0.5) is 5.69 Å². The highest BCUT2D eigenvalue weighted by atomic mass is 16.6. The number of ketones is 1. The van der Waals surface area contributed by atoms with Gasteiger partial charge in [0.25, 0.3) is 5.91 Å². The van der Waals surface area contributed by atoms with Gasteiger partial charge < -0.3 is 24.3 Å². The van der Waals surface area contributed by atoms with Crippen molar-refractivity contribution in [2.75, 3.05) is 31.7 Å². The largest absolute Gasteiger partial charge is 0.486 e. The molecule has 1 N–H and O–H groups in total. The van der Waals surface area contributed by atoms with Crippen LogP contribution >= 0.6 is 0 Å². The van der Waals surface area contributed by atoms with Gasteiger partial charge in [0.05, 0.1) is 11.3 Å². The summed E-state index contributed by atoms with van der Waals surface area (Å²) in [6, 6.07) is 20.1. The minimum Gasteiger partial charge on any atom is -0.486 e. The third-order valence-electron chi connectivity index (χ3n) is 4.73. The molecular formula is C25H21NO7. The number of nitrogens with one attached hydrogen (secondary N) is 1. The molecule has 1 amide bonds. The number of fused-ring (bicyclic) bond motifs is 1. The Kier molecular flexibility index (Phi) is 6.84. The van der Waals surface area contributed by atoms with Crippen LogP contribution < -0.4 is 19.5 Å². The van der Waals surface area contributed by atoms with Gasteiger partial charge in [0.1, 0.15) is 19.0 Å². The van der Waals surface area contributed by atoms with Gasteiger partial charge in [0.2, 0.25) is 0 Å². The molecule has 1 aliphatic heterocycles. The lowest BCUT2D eigenvalue weighted by atomic mass is 10.1. The number of ether oxygens (including phenoxy) is 4. The summed E-state index contributed by atoms with van der Waals surface area (Å²) in [5.41, 5.74) is 0.725. The van der Waals surface area contributed by atoms with E-state index >= 15 is 0 Å². The van der Waals surface area contributed by atoms with Gasteiger partial charge in [-0.15, -0.1) is 0 Å². The van der Waals surface area contributed by atoms with Gasteiger partial charge in [0.15, 0.2) is 30.5 Å². The molecule has 3 aromatic rings. The highest BCUT2D eigenvalue weighted by molar-refractivity contribution is 6.03. The van der Waals surface area contributed by atoms with Crippen molar-refractivity contribution >= 4 is 23.3 Å². The first-order valence-electron chi connectivity index (χ1n) is 10.3. The molecule has 4 rings (SSSR count). The Labute approximate surface area is 190 Å². The van der Waals surface area contributed by atoms with Crippen molar-refractivity contribution in [1.82, 2.24) is 0 Å². The maximum absolute atomic E-state index is 12.6. The number of carbonyl (C=O) groups is 3. The lowest BCUT2D eigenvalue weighted by Crippen LogP contribution is -2.22. The monoisotopic (exact) mass is 447 g/mol. The first-order valence-corrected chi connectivity index (χ1v) is 10.3. The second-order valence-corrected chi connectivity index (χ2v) is 7.05. The summed E-state index contributed by atoms with van der Waals surface area (Å²) in [6.07, 6.45) is 0. The summed E-state index contributed by atoms with van der Waals surface area (Å²) < 4.78 is 21.5. The summed E-state index contributed by atoms with van der Waals surface area (Å²) in [7, 11) is 0. The maximum atomic E-state index is 12.6. The quantitative estimate of drug-likeness (QED) is 0.417. The van der Waals surface area contributed by atoms with Gasteiger partial charge >= 0.3 is 5.97 Å². The molecule has 0 fully saturated rings. The molecule has 8 heteroatoms. The minimum atomic E-state index is -0.735. The van der Waals surface area contributed by atoms with E-state index in [1.165, 1.54) is 6.07 Å². The van der Waals surface area contributed by atoms with E-state index in [2.05, 4.69) is 5.32 Å². The number of anilines is 1. The fourth-order valence-electron chi connectivity index (χ4n) is 3.13. The molecule has 3 aromatic carbocycles. The van der Waals surface area contributed by atoms with E-state index in [0.29, 0.717) is 36.0 Å². The standard InChI is InChI=1S/C25H21NO7/c27-21(17-10-11-22-23(14-17)31-13-12-30-22)15-33-25(29)19-8-4-5-9-20(19)26-24(28)16-32-18-6-2-1-3-7-18/h1-11,14H,12-13,15-16H2,(H,26,28). The predicted molar refractivity (Wildman–Crippen MR) is 119 cm³/mol. The number of benzene rings is 3. The first-order chi connectivity index (χ1) is 16.1. The molecule has 168 valence electrons. The molecule has 0 saturated carbocycles. The highest BCUT2D eigenvalue weighted by Gasteiger charge is 2.19. The zero-order valence-corrected chi connectivity index (χ0v) is 17.6. The smallest absolute Gasteiger partial charge is 0.340 e. The molecule has 0 aromatic heterocycles. The van der Waals surface area contributed by atoms with Crippen LogP contribution in [0.3, 0.4) is 0 Å². The van der Waals surface area contributed by atoms with Crippen molar-refractivity contribution in [3.63, 3.8) is 0 Å². The van der Waals surface area contributed by atoms with Crippen molar-refractivity contribution in [2.24, 2.45) is 0 Å². The summed E-state index contributed by atoms with van der Waals surface area (Å²) >= 11 is 0. The van der Waals surface area contributed by atoms with Crippen LogP contribution in [0.2, 0.25) is 0 Å². The summed E-state index contributed by atoms with van der Waals surface area (Å²) in [5.74, 6) is 0.0308. The molecule has 0 saturated heterocycles. The average molecular weight is 447 g/mol. The van der Waals surface area contributed by atoms with E-state index in [1.54, 1.807) is 60.7 Å². The molecular weight excluding hydrogens is 426 g/mol. The SMILES string of the molecule is O=C(COc1ccccc1)Nc1ccccc1C(=O)OCC(=O)c1ccc2c(c1)OCCO2. The average Bonchev–Trinajstić information content (AvgIpc) is 2.86. The van der Waals surface area contributed by atoms with Gasteiger partial charge in [-0.1, -0.05) is 30.3 Å². The molecule has 8 nitrogen and oxygen atoms in total. The zero-order valence-electron chi connectivity index (χ0n) is 17.6. The van der Waals surface area contributed by atoms with Crippen molar-refractivity contribution < 1.29 is 33.3 Å². The maximum Gasteiger partial charge on any atom is 0.340 e. The van der Waals surface area contributed by atoms with Gasteiger partial charge in [-0.2, -0.15) is 0 Å². The summed E-state index contributed by atoms with van der Waals surface area (Å²) in [5, 5.41) is 2.64. The van der Waals surface area contributed by atoms with Crippen molar-refractivity contribution in [2.45, 2.75) is 0 Å². The number of Topliss-reactive ketones (excluding diaryl/α,β-unsaturated/α-hetero) is 1. The van der Waals surface area contributed by atoms with Crippen LogP contribution in [0, 0.1) is 0 Å². The molecule has 0 unspecified atom stereocenters. The summed E-state index contributed by atoms with van der Waals surface area (Å²) in [4.78, 5) is 37.3. The topological polar surface area (TPSA) is 100 Å². The van der Waals surface area contributed by atoms with E-state index in [1.807, 2.05) is 6.07 Å². The number of esters is 1. The van der Waals surface area contributed by atoms with Crippen LogP contribution in [-0.2, 0) is 9.53 Å². The van der Waals surface area contributed by atoms with E-state index in [0.717, 1.165) is 0 Å². The molecule has 0 atom stereocenters. The van der Waals surface area contributed by atoms with E-state index in [9.17, 15) is 14.4 Å². The molecule has 33 heavy (non-hydrogen) atoms. The highest BCUT2D eigenvalue weighted by Crippen LogP contribution is 2.31. The van der Waals surface area contributed by atoms with Crippen LogP contribution in [0.15, 0.2) is 72.8 Å². The number of hydrogen-bond donors (Lipinski definition) is 1. The Morgan fingerprint density at radius 3 is 2.36 bits per heavy atom. The zero-order chi connectivity index (χ0) is 23.0. The molecule has 1 heterocycles. The molecule has 0 radical (unpaired) electrons. The molecule has 1 aliphatic rings. The normalized spacial score (nSPS) is 11.9. The minimum absolute atomic E-state index is 0.125. The predicted octanol–water partition coefficient (Wildman–Crippen LogP) is 3.52. The van der Waals surface area contributed by atoms with E-state index < -0.39 is 24.3 Å². The third kappa shape index (κ3) is 5.68. The van der Waals surface area contributed by atoms with Crippen LogP contribution in [0.25, 0.3) is 0 Å². The molecule has 0 aliphatic carbocycles. The van der Waals surface area contributed by atoms with Crippen LogP contribution in [0.1, 0.15) is 20.7 Å². The lowest BCUT2D eigenvalue weighted by molar-refractivity contribution is -0.118. The molecule has 0 spiro atoms. The van der Waals surface area contributed by atoms with Crippen molar-refractivity contribution in [3.8, 4) is 17.2 Å². The van der Waals surface area contributed by atoms with Gasteiger partial charge in [0, 0.05) is 5.56 Å². The van der Waals surface area contributed by atoms with Crippen LogP contribution in [-0.4, -0.2) is 44.1 Å². The number of hydrogen-bond acceptors (Lipinski definition) is 7.